The summed E-state index contributed by atoms with van der Waals surface area (Å²) in [7, 11) is 0. The molecular weight excluding hydrogens is 225 g/mol. The molecule has 0 aromatic heterocycles. The van der Waals surface area contributed by atoms with Gasteiger partial charge in [-0.05, 0) is 0 Å². The van der Waals surface area contributed by atoms with Crippen molar-refractivity contribution >= 4 is 0 Å². The summed E-state index contributed by atoms with van der Waals surface area (Å²) < 4.78 is 0. The molecule has 0 aliphatic carbocycles. The van der Waals surface area contributed by atoms with Gasteiger partial charge in [0.1, 0.15) is 0 Å². The summed E-state index contributed by atoms with van der Waals surface area (Å²) in [5, 5.41) is 0. The van der Waals surface area contributed by atoms with Crippen molar-refractivity contribution in [2.75, 3.05) is 0 Å². The van der Waals surface area contributed by atoms with Gasteiger partial charge in [-0.1, -0.05) is 0 Å². The number of hydrogen-bond donors (Lipinski definition) is 0. The van der Waals surface area contributed by atoms with Gasteiger partial charge in [0.15, 0.2) is 0 Å². The van der Waals surface area contributed by atoms with Crippen LogP contribution in [0.15, 0.2) is 12.2 Å². The van der Waals surface area contributed by atoms with Crippen LogP contribution in [0.5, 0.6) is 0 Å². The van der Waals surface area contributed by atoms with Crippen LogP contribution < -0.4 is 24.8 Å². The third-order valence-corrected chi connectivity index (χ3v) is 1.13. The number of hydrogen-bond acceptors (Lipinski definition) is 0. The van der Waals surface area contributed by atoms with Gasteiger partial charge in [-0.2, -0.15) is 0 Å². The number of rotatable bonds is 1. The summed E-state index contributed by atoms with van der Waals surface area (Å²) in [6.07, 6.45) is 0. The van der Waals surface area contributed by atoms with Gasteiger partial charge in [0.25, 0.3) is 0 Å². The largest absolute Gasteiger partial charge is 1.00 e. The van der Waals surface area contributed by atoms with Crippen LogP contribution in [0.1, 0.15) is 6.92 Å². The molecule has 47 valence electrons. The molecule has 0 atom stereocenters. The van der Waals surface area contributed by atoms with E-state index in [4.69, 9.17) is 0 Å². The molecule has 0 radical (unpaired) electrons. The standard InChI is InChI=1S/C4H7.2ClH.Pd/c1-4(2)3;;;/h1-2H2,3H3;2*1H;/q;;;+2/p-2. The van der Waals surface area contributed by atoms with Gasteiger partial charge in [-0.15, -0.1) is 0 Å². The SMILES string of the molecule is C=C(C)[CH2][Pd+2].[Cl-].[Cl-]. The van der Waals surface area contributed by atoms with Crippen molar-refractivity contribution in [3.63, 3.8) is 0 Å². The molecule has 0 saturated carbocycles. The Hall–Kier alpha value is 0.982. The van der Waals surface area contributed by atoms with Crippen molar-refractivity contribution < 1.29 is 44.0 Å². The number of allylic oxidation sites excluding steroid dienone is 1. The van der Waals surface area contributed by atoms with Crippen molar-refractivity contribution in [2.24, 2.45) is 0 Å². The fourth-order valence-corrected chi connectivity index (χ4v) is 0. The van der Waals surface area contributed by atoms with E-state index in [1.54, 1.807) is 0 Å². The van der Waals surface area contributed by atoms with Crippen LogP contribution in [0.2, 0.25) is 4.89 Å². The maximum Gasteiger partial charge on any atom is -1.00 e. The molecule has 0 rings (SSSR count). The summed E-state index contributed by atoms with van der Waals surface area (Å²) in [5.41, 5.74) is 1.19. The molecule has 0 aliphatic heterocycles. The monoisotopic (exact) mass is 231 g/mol. The van der Waals surface area contributed by atoms with E-state index in [9.17, 15) is 0 Å². The second-order valence-electron chi connectivity index (χ2n) is 1.07. The predicted octanol–water partition coefficient (Wildman–Crippen LogP) is -4.46. The zero-order valence-corrected chi connectivity index (χ0v) is 7.05. The molecule has 0 aromatic carbocycles. The quantitative estimate of drug-likeness (QED) is 0.316. The summed E-state index contributed by atoms with van der Waals surface area (Å²) in [6.45, 7) is 5.63. The van der Waals surface area contributed by atoms with Crippen LogP contribution in [0, 0.1) is 0 Å². The molecule has 0 amide bonds. The normalized spacial score (nSPS) is 5.43. The summed E-state index contributed by atoms with van der Waals surface area (Å²) in [6, 6.07) is 0. The molecular formula is C4H7Cl2Pd. The van der Waals surface area contributed by atoms with Crippen molar-refractivity contribution in [1.82, 2.24) is 0 Å². The Balaban J connectivity index is -0.0000000800. The molecule has 0 N–H and O–H groups in total. The zero-order valence-electron chi connectivity index (χ0n) is 3.99. The van der Waals surface area contributed by atoms with Gasteiger partial charge < -0.3 is 24.8 Å². The Kier molecular flexibility index (Phi) is 22.5. The van der Waals surface area contributed by atoms with E-state index < -0.39 is 0 Å². The average Bonchev–Trinajstić information content (AvgIpc) is 1.38. The molecule has 0 fully saturated rings. The Bertz CT molecular complexity index is 45.0. The molecule has 0 bridgehead atoms. The smallest absolute Gasteiger partial charge is 1.00 e. The second-order valence-corrected chi connectivity index (χ2v) is 1.62. The predicted molar refractivity (Wildman–Crippen MR) is 19.6 cm³/mol. The molecule has 7 heavy (non-hydrogen) atoms. The molecule has 0 aromatic rings. The summed E-state index contributed by atoms with van der Waals surface area (Å²) in [4.78, 5) is 0.961. The molecule has 0 spiro atoms. The van der Waals surface area contributed by atoms with Crippen LogP contribution in [0.3, 0.4) is 0 Å². The Morgan fingerprint density at radius 1 is 1.57 bits per heavy atom. The van der Waals surface area contributed by atoms with E-state index >= 15 is 0 Å². The molecule has 0 saturated heterocycles. The first-order valence-corrected chi connectivity index (χ1v) is 2.53. The van der Waals surface area contributed by atoms with Gasteiger partial charge >= 0.3 is 43.2 Å². The maximum absolute atomic E-state index is 3.64. The minimum atomic E-state index is 0. The minimum Gasteiger partial charge on any atom is -1.00 e. The third kappa shape index (κ3) is 19.5. The minimum absolute atomic E-state index is 0. The molecule has 0 unspecified atom stereocenters. The fourth-order valence-electron chi connectivity index (χ4n) is 0. The molecule has 0 aliphatic rings. The maximum atomic E-state index is 3.64. The van der Waals surface area contributed by atoms with Crippen LogP contribution in [-0.4, -0.2) is 0 Å². The molecule has 0 nitrogen and oxygen atoms in total. The van der Waals surface area contributed by atoms with Crippen molar-refractivity contribution in [3.8, 4) is 0 Å². The van der Waals surface area contributed by atoms with Crippen molar-refractivity contribution in [2.45, 2.75) is 11.8 Å². The zero-order chi connectivity index (χ0) is 4.28. The van der Waals surface area contributed by atoms with Gasteiger partial charge in [0.2, 0.25) is 0 Å². The van der Waals surface area contributed by atoms with Gasteiger partial charge in [0.05, 0.1) is 0 Å². The first-order chi connectivity index (χ1) is 2.27. The van der Waals surface area contributed by atoms with Crippen LogP contribution in [0.4, 0.5) is 0 Å². The van der Waals surface area contributed by atoms with Gasteiger partial charge in [-0.25, -0.2) is 0 Å². The molecule has 0 heterocycles. The first-order valence-electron chi connectivity index (χ1n) is 1.43. The Morgan fingerprint density at radius 2 is 1.71 bits per heavy atom. The van der Waals surface area contributed by atoms with Gasteiger partial charge in [0, 0.05) is 0 Å². The fraction of sp³-hybridized carbons (Fsp3) is 0.500. The van der Waals surface area contributed by atoms with Gasteiger partial charge in [-0.3, -0.25) is 0 Å². The summed E-state index contributed by atoms with van der Waals surface area (Å²) >= 11 is 2.99. The van der Waals surface area contributed by atoms with Crippen molar-refractivity contribution in [1.29, 1.82) is 0 Å². The molecule has 3 heteroatoms. The van der Waals surface area contributed by atoms with E-state index in [2.05, 4.69) is 25.8 Å². The Morgan fingerprint density at radius 3 is 1.71 bits per heavy atom. The Labute approximate surface area is 68.0 Å². The summed E-state index contributed by atoms with van der Waals surface area (Å²) in [5.74, 6) is 0. The first kappa shape index (κ1) is 15.7. The van der Waals surface area contributed by atoms with Crippen LogP contribution in [-0.2, 0) is 19.2 Å². The van der Waals surface area contributed by atoms with E-state index in [0.29, 0.717) is 0 Å². The third-order valence-electron chi connectivity index (χ3n) is 0.191. The second kappa shape index (κ2) is 10.1. The van der Waals surface area contributed by atoms with Crippen LogP contribution >= 0.6 is 0 Å². The van der Waals surface area contributed by atoms with Crippen LogP contribution in [0.25, 0.3) is 0 Å². The number of halogens is 2. The van der Waals surface area contributed by atoms with E-state index in [1.165, 1.54) is 5.57 Å². The van der Waals surface area contributed by atoms with Crippen molar-refractivity contribution in [3.05, 3.63) is 12.2 Å². The van der Waals surface area contributed by atoms with E-state index in [-0.39, 0.29) is 24.8 Å². The topological polar surface area (TPSA) is 0 Å². The average molecular weight is 232 g/mol. The van der Waals surface area contributed by atoms with E-state index in [1.807, 2.05) is 6.92 Å². The van der Waals surface area contributed by atoms with E-state index in [0.717, 1.165) is 4.89 Å².